The lowest BCUT2D eigenvalue weighted by Gasteiger charge is -2.38. The lowest BCUT2D eigenvalue weighted by molar-refractivity contribution is -0.142. The number of nitrogens with zero attached hydrogens (tertiary/aromatic N) is 1. The number of aliphatic hydroxyl groups is 1. The minimum Gasteiger partial charge on any atom is -0.381 e. The molecule has 0 aromatic carbocycles. The molecule has 0 atom stereocenters. The second-order valence-electron chi connectivity index (χ2n) is 3.53. The second-order valence-corrected chi connectivity index (χ2v) is 3.53. The van der Waals surface area contributed by atoms with E-state index in [9.17, 15) is 18.3 Å². The molecule has 0 spiro atoms. The largest absolute Gasteiger partial charge is 0.418 e. The number of pyridine rings is 1. The van der Waals surface area contributed by atoms with Crippen LogP contribution in [0.2, 0.25) is 0 Å². The van der Waals surface area contributed by atoms with Gasteiger partial charge in [0.2, 0.25) is 0 Å². The van der Waals surface area contributed by atoms with E-state index < -0.39 is 17.3 Å². The maximum absolute atomic E-state index is 12.6. The molecule has 15 heavy (non-hydrogen) atoms. The molecule has 1 saturated heterocycles. The molecule has 2 heterocycles. The third-order valence-electron chi connectivity index (χ3n) is 2.39. The molecule has 2 N–H and O–H groups in total. The second kappa shape index (κ2) is 3.18. The molecule has 0 unspecified atom stereocenters. The summed E-state index contributed by atoms with van der Waals surface area (Å²) in [6.07, 6.45) is -3.23. The van der Waals surface area contributed by atoms with Crippen LogP contribution in [-0.4, -0.2) is 23.2 Å². The van der Waals surface area contributed by atoms with Gasteiger partial charge in [0.05, 0.1) is 11.3 Å². The van der Waals surface area contributed by atoms with Crippen LogP contribution in [-0.2, 0) is 11.8 Å². The predicted octanol–water partition coefficient (Wildman–Crippen LogP) is 0.891. The van der Waals surface area contributed by atoms with Crippen LogP contribution in [0.3, 0.4) is 0 Å². The molecular formula is C9H9F3N2O. The van der Waals surface area contributed by atoms with Crippen LogP contribution in [0.1, 0.15) is 11.3 Å². The van der Waals surface area contributed by atoms with Gasteiger partial charge in [0.25, 0.3) is 0 Å². The number of rotatable bonds is 1. The zero-order valence-electron chi connectivity index (χ0n) is 7.67. The van der Waals surface area contributed by atoms with Gasteiger partial charge < -0.3 is 10.4 Å². The molecule has 0 radical (unpaired) electrons. The highest BCUT2D eigenvalue weighted by molar-refractivity contribution is 5.30. The van der Waals surface area contributed by atoms with Gasteiger partial charge in [-0.1, -0.05) is 0 Å². The quantitative estimate of drug-likeness (QED) is 0.735. The van der Waals surface area contributed by atoms with Crippen LogP contribution in [0, 0.1) is 0 Å². The molecule has 1 fully saturated rings. The summed E-state index contributed by atoms with van der Waals surface area (Å²) in [6, 6.07) is 2.14. The Labute approximate surface area is 83.9 Å². The van der Waals surface area contributed by atoms with Crippen LogP contribution < -0.4 is 5.32 Å². The number of hydrogen-bond acceptors (Lipinski definition) is 3. The van der Waals surface area contributed by atoms with Crippen molar-refractivity contribution in [1.29, 1.82) is 0 Å². The first kappa shape index (κ1) is 10.4. The van der Waals surface area contributed by atoms with E-state index in [0.29, 0.717) is 0 Å². The maximum Gasteiger partial charge on any atom is 0.418 e. The fourth-order valence-corrected chi connectivity index (χ4v) is 1.53. The summed E-state index contributed by atoms with van der Waals surface area (Å²) >= 11 is 0. The molecule has 1 aliphatic rings. The Morgan fingerprint density at radius 1 is 1.40 bits per heavy atom. The Balaban J connectivity index is 2.47. The molecular weight excluding hydrogens is 209 g/mol. The van der Waals surface area contributed by atoms with Crippen molar-refractivity contribution in [1.82, 2.24) is 10.3 Å². The normalized spacial score (nSPS) is 19.7. The van der Waals surface area contributed by atoms with E-state index in [1.807, 2.05) is 0 Å². The molecule has 82 valence electrons. The van der Waals surface area contributed by atoms with E-state index in [-0.39, 0.29) is 18.8 Å². The fraction of sp³-hybridized carbons (Fsp3) is 0.444. The molecule has 2 rings (SSSR count). The van der Waals surface area contributed by atoms with Crippen LogP contribution in [0.15, 0.2) is 18.3 Å². The standard InChI is InChI=1S/C9H9F3N2O/c10-9(11,12)6-2-1-3-14-7(6)8(15)4-13-5-8/h1-3,13,15H,4-5H2. The predicted molar refractivity (Wildman–Crippen MR) is 46.0 cm³/mol. The van der Waals surface area contributed by atoms with Crippen molar-refractivity contribution in [3.05, 3.63) is 29.6 Å². The number of hydrogen-bond donors (Lipinski definition) is 2. The van der Waals surface area contributed by atoms with Gasteiger partial charge in [0.15, 0.2) is 0 Å². The number of alkyl halides is 3. The third-order valence-corrected chi connectivity index (χ3v) is 2.39. The first-order valence-corrected chi connectivity index (χ1v) is 4.39. The molecule has 1 aromatic rings. The monoisotopic (exact) mass is 218 g/mol. The molecule has 1 aliphatic heterocycles. The van der Waals surface area contributed by atoms with E-state index in [1.54, 1.807) is 0 Å². The van der Waals surface area contributed by atoms with E-state index in [2.05, 4.69) is 10.3 Å². The highest BCUT2D eigenvalue weighted by Gasteiger charge is 2.45. The van der Waals surface area contributed by atoms with Gasteiger partial charge in [-0.3, -0.25) is 4.98 Å². The van der Waals surface area contributed by atoms with Crippen molar-refractivity contribution in [3.8, 4) is 0 Å². The van der Waals surface area contributed by atoms with Gasteiger partial charge in [0, 0.05) is 19.3 Å². The summed E-state index contributed by atoms with van der Waals surface area (Å²) in [5.74, 6) is 0. The van der Waals surface area contributed by atoms with Crippen molar-refractivity contribution in [3.63, 3.8) is 0 Å². The zero-order chi connectivity index (χ0) is 11.1. The molecule has 0 amide bonds. The zero-order valence-corrected chi connectivity index (χ0v) is 7.67. The number of halogens is 3. The number of nitrogens with one attached hydrogen (secondary N) is 1. The van der Waals surface area contributed by atoms with E-state index in [0.717, 1.165) is 6.07 Å². The maximum atomic E-state index is 12.6. The van der Waals surface area contributed by atoms with E-state index in [4.69, 9.17) is 0 Å². The molecule has 0 bridgehead atoms. The lowest BCUT2D eigenvalue weighted by atomic mass is 9.89. The van der Waals surface area contributed by atoms with Crippen molar-refractivity contribution in [2.45, 2.75) is 11.8 Å². The molecule has 0 aliphatic carbocycles. The molecule has 0 saturated carbocycles. The third kappa shape index (κ3) is 1.70. The van der Waals surface area contributed by atoms with Crippen molar-refractivity contribution in [2.75, 3.05) is 13.1 Å². The lowest BCUT2D eigenvalue weighted by Crippen LogP contribution is -2.57. The van der Waals surface area contributed by atoms with Gasteiger partial charge in [0.1, 0.15) is 5.60 Å². The topological polar surface area (TPSA) is 45.2 Å². The summed E-state index contributed by atoms with van der Waals surface area (Å²) in [5.41, 5.74) is -2.64. The van der Waals surface area contributed by atoms with E-state index >= 15 is 0 Å². The minimum absolute atomic E-state index is 0.104. The summed E-state index contributed by atoms with van der Waals surface area (Å²) in [6.45, 7) is 0.209. The Bertz CT molecular complexity index is 374. The summed E-state index contributed by atoms with van der Waals surface area (Å²) in [7, 11) is 0. The van der Waals surface area contributed by atoms with Gasteiger partial charge in [-0.15, -0.1) is 0 Å². The van der Waals surface area contributed by atoms with Crippen LogP contribution in [0.4, 0.5) is 13.2 Å². The van der Waals surface area contributed by atoms with Gasteiger partial charge in [-0.2, -0.15) is 13.2 Å². The Morgan fingerprint density at radius 2 is 2.07 bits per heavy atom. The average molecular weight is 218 g/mol. The molecule has 3 nitrogen and oxygen atoms in total. The number of β-amino-alcohol motifs (C(OH)–C–C–N with tert-alkyl or cyclic N) is 1. The smallest absolute Gasteiger partial charge is 0.381 e. The summed E-state index contributed by atoms with van der Waals surface area (Å²) < 4.78 is 37.7. The van der Waals surface area contributed by atoms with Crippen molar-refractivity contribution >= 4 is 0 Å². The SMILES string of the molecule is OC1(c2ncccc2C(F)(F)F)CNC1. The average Bonchev–Trinajstić information content (AvgIpc) is 2.13. The number of aromatic nitrogens is 1. The van der Waals surface area contributed by atoms with Crippen LogP contribution in [0.5, 0.6) is 0 Å². The fourth-order valence-electron chi connectivity index (χ4n) is 1.53. The van der Waals surface area contributed by atoms with E-state index in [1.165, 1.54) is 12.3 Å². The van der Waals surface area contributed by atoms with Crippen LogP contribution >= 0.6 is 0 Å². The van der Waals surface area contributed by atoms with Crippen molar-refractivity contribution < 1.29 is 18.3 Å². The summed E-state index contributed by atoms with van der Waals surface area (Å²) in [5, 5.41) is 12.5. The Kier molecular flexibility index (Phi) is 2.20. The first-order valence-electron chi connectivity index (χ1n) is 4.39. The highest BCUT2D eigenvalue weighted by Crippen LogP contribution is 2.36. The van der Waals surface area contributed by atoms with Crippen LogP contribution in [0.25, 0.3) is 0 Å². The first-order chi connectivity index (χ1) is 6.93. The Hall–Kier alpha value is -1.14. The Morgan fingerprint density at radius 3 is 2.53 bits per heavy atom. The van der Waals surface area contributed by atoms with Gasteiger partial charge in [-0.25, -0.2) is 0 Å². The van der Waals surface area contributed by atoms with Gasteiger partial charge in [-0.05, 0) is 12.1 Å². The minimum atomic E-state index is -4.48. The molecule has 1 aromatic heterocycles. The highest BCUT2D eigenvalue weighted by atomic mass is 19.4. The van der Waals surface area contributed by atoms with Gasteiger partial charge >= 0.3 is 6.18 Å². The van der Waals surface area contributed by atoms with Crippen molar-refractivity contribution in [2.24, 2.45) is 0 Å². The molecule has 6 heteroatoms. The summed E-state index contributed by atoms with van der Waals surface area (Å²) in [4.78, 5) is 3.63.